The van der Waals surface area contributed by atoms with Crippen LogP contribution in [0.2, 0.25) is 5.02 Å². The van der Waals surface area contributed by atoms with E-state index in [0.29, 0.717) is 16.3 Å². The molecule has 0 aliphatic carbocycles. The number of carboxylic acid groups (broad SMARTS) is 1. The number of halogens is 2. The van der Waals surface area contributed by atoms with Gasteiger partial charge in [-0.3, -0.25) is 4.79 Å². The van der Waals surface area contributed by atoms with E-state index in [4.69, 9.17) is 21.1 Å². The molecule has 0 bridgehead atoms. The molecule has 0 aliphatic heterocycles. The summed E-state index contributed by atoms with van der Waals surface area (Å²) in [7, 11) is 1.33. The van der Waals surface area contributed by atoms with Crippen molar-refractivity contribution in [2.75, 3.05) is 13.7 Å². The molecule has 29 heavy (non-hydrogen) atoms. The summed E-state index contributed by atoms with van der Waals surface area (Å²) >= 11 is 9.19. The number of ether oxygens (including phenoxy) is 2. The normalized spacial score (nSPS) is 11.1. The van der Waals surface area contributed by atoms with Crippen LogP contribution in [-0.2, 0) is 9.59 Å². The molecule has 2 aromatic carbocycles. The van der Waals surface area contributed by atoms with Gasteiger partial charge in [0.25, 0.3) is 5.91 Å². The largest absolute Gasteiger partial charge is 0.869 e. The molecular weight excluding hydrogens is 466 g/mol. The average molecular weight is 484 g/mol. The summed E-state index contributed by atoms with van der Waals surface area (Å²) in [6, 6.07) is 6.17. The van der Waals surface area contributed by atoms with E-state index in [1.54, 1.807) is 12.1 Å². The highest BCUT2D eigenvalue weighted by molar-refractivity contribution is 9.10. The van der Waals surface area contributed by atoms with Crippen LogP contribution in [0.25, 0.3) is 6.08 Å². The molecule has 0 saturated heterocycles. The monoisotopic (exact) mass is 482 g/mol. The third-order valence-corrected chi connectivity index (χ3v) is 5.03. The molecule has 0 atom stereocenters. The quantitative estimate of drug-likeness (QED) is 0.584. The van der Waals surface area contributed by atoms with Crippen molar-refractivity contribution in [2.45, 2.75) is 13.8 Å². The zero-order valence-corrected chi connectivity index (χ0v) is 18.2. The fourth-order valence-electron chi connectivity index (χ4n) is 2.47. The van der Waals surface area contributed by atoms with E-state index in [1.807, 2.05) is 13.8 Å². The zero-order valence-electron chi connectivity index (χ0n) is 15.8. The van der Waals surface area contributed by atoms with Crippen LogP contribution in [0.4, 0.5) is 0 Å². The first-order valence-corrected chi connectivity index (χ1v) is 9.48. The van der Waals surface area contributed by atoms with Gasteiger partial charge in [0.1, 0.15) is 17.2 Å². The van der Waals surface area contributed by atoms with Crippen LogP contribution in [0, 0.1) is 13.8 Å². The predicted molar refractivity (Wildman–Crippen MR) is 110 cm³/mol. The lowest BCUT2D eigenvalue weighted by Crippen LogP contribution is -2.31. The van der Waals surface area contributed by atoms with Gasteiger partial charge >= 0.3 is 5.97 Å². The molecule has 1 amide bonds. The second-order valence-corrected chi connectivity index (χ2v) is 7.34. The number of benzene rings is 2. The summed E-state index contributed by atoms with van der Waals surface area (Å²) in [6.45, 7) is 3.23. The van der Waals surface area contributed by atoms with E-state index in [1.165, 1.54) is 25.3 Å². The van der Waals surface area contributed by atoms with Crippen LogP contribution in [0.1, 0.15) is 16.7 Å². The summed E-state index contributed by atoms with van der Waals surface area (Å²) in [6.07, 6.45) is 1.21. The van der Waals surface area contributed by atoms with E-state index in [-0.39, 0.29) is 21.7 Å². The number of aryl methyl sites for hydroxylation is 2. The van der Waals surface area contributed by atoms with Crippen molar-refractivity contribution in [1.82, 2.24) is 5.32 Å². The predicted octanol–water partition coefficient (Wildman–Crippen LogP) is 3.42. The molecule has 0 unspecified atom stereocenters. The van der Waals surface area contributed by atoms with Crippen LogP contribution in [0.5, 0.6) is 17.2 Å². The highest BCUT2D eigenvalue weighted by Crippen LogP contribution is 2.33. The van der Waals surface area contributed by atoms with Crippen LogP contribution >= 0.6 is 27.5 Å². The number of hydrogen-bond acceptors (Lipinski definition) is 5. The third kappa shape index (κ3) is 5.88. The van der Waals surface area contributed by atoms with Crippen molar-refractivity contribution < 1.29 is 29.3 Å². The molecule has 0 spiro atoms. The Labute approximate surface area is 181 Å². The molecule has 154 valence electrons. The van der Waals surface area contributed by atoms with Gasteiger partial charge in [-0.05, 0) is 60.9 Å². The fraction of sp³-hybridized carbons (Fsp3) is 0.200. The third-order valence-electron chi connectivity index (χ3n) is 3.85. The summed E-state index contributed by atoms with van der Waals surface area (Å²) in [5, 5.41) is 24.1. The number of nitrogens with one attached hydrogen (secondary N) is 1. The Morgan fingerprint density at radius 1 is 1.24 bits per heavy atom. The van der Waals surface area contributed by atoms with Crippen molar-refractivity contribution in [1.29, 1.82) is 0 Å². The number of aliphatic carboxylic acids is 1. The minimum Gasteiger partial charge on any atom is -0.869 e. The highest BCUT2D eigenvalue weighted by Gasteiger charge is 2.14. The van der Waals surface area contributed by atoms with E-state index in [0.717, 1.165) is 11.1 Å². The van der Waals surface area contributed by atoms with Crippen LogP contribution in [0.15, 0.2) is 34.4 Å². The second kappa shape index (κ2) is 9.67. The van der Waals surface area contributed by atoms with Gasteiger partial charge in [0.05, 0.1) is 7.11 Å². The van der Waals surface area contributed by atoms with Crippen molar-refractivity contribution in [3.8, 4) is 17.2 Å². The Morgan fingerprint density at radius 3 is 2.41 bits per heavy atom. The molecule has 0 radical (unpaired) electrons. The summed E-state index contributed by atoms with van der Waals surface area (Å²) in [5.74, 6) is -1.89. The molecule has 0 saturated carbocycles. The van der Waals surface area contributed by atoms with Crippen molar-refractivity contribution in [3.63, 3.8) is 0 Å². The molecule has 2 N–H and O–H groups in total. The summed E-state index contributed by atoms with van der Waals surface area (Å²) in [5.41, 5.74) is 1.58. The van der Waals surface area contributed by atoms with Gasteiger partial charge in [-0.1, -0.05) is 33.3 Å². The zero-order chi connectivity index (χ0) is 21.7. The van der Waals surface area contributed by atoms with Gasteiger partial charge in [-0.25, -0.2) is 4.79 Å². The summed E-state index contributed by atoms with van der Waals surface area (Å²) in [4.78, 5) is 23.7. The standard InChI is InChI=1S/C20H19BrClNO6/c1-10-4-13(5-11(2)18(10)22)29-9-17(24)23-15(20(26)27)7-12-6-14(21)19(25)16(8-12)28-3/h4-8,25H,9H2,1-3H3,(H,23,24)(H,26,27)/p-1/b15-7+. The lowest BCUT2D eigenvalue weighted by Gasteiger charge is -2.15. The topological polar surface area (TPSA) is 108 Å². The maximum atomic E-state index is 12.2. The van der Waals surface area contributed by atoms with Gasteiger partial charge in [0, 0.05) is 9.50 Å². The van der Waals surface area contributed by atoms with E-state index in [9.17, 15) is 19.8 Å². The minimum absolute atomic E-state index is 0.0403. The van der Waals surface area contributed by atoms with Gasteiger partial charge in [-0.2, -0.15) is 0 Å². The number of rotatable bonds is 7. The van der Waals surface area contributed by atoms with Crippen LogP contribution in [-0.4, -0.2) is 30.7 Å². The molecule has 0 heterocycles. The number of carboxylic acids is 1. The Hall–Kier alpha value is -2.71. The number of methoxy groups -OCH3 is 1. The highest BCUT2D eigenvalue weighted by atomic mass is 79.9. The Bertz CT molecular complexity index is 966. The maximum absolute atomic E-state index is 12.2. The maximum Gasteiger partial charge on any atom is 0.352 e. The van der Waals surface area contributed by atoms with E-state index < -0.39 is 18.5 Å². The number of carbonyl (C=O) groups excluding carboxylic acids is 1. The molecule has 7 nitrogen and oxygen atoms in total. The second-order valence-electron chi connectivity index (χ2n) is 6.11. The molecule has 9 heteroatoms. The van der Waals surface area contributed by atoms with E-state index in [2.05, 4.69) is 21.2 Å². The molecule has 0 aromatic heterocycles. The van der Waals surface area contributed by atoms with Gasteiger partial charge in [0.15, 0.2) is 6.61 Å². The van der Waals surface area contributed by atoms with Gasteiger partial charge in [0.2, 0.25) is 0 Å². The average Bonchev–Trinajstić information content (AvgIpc) is 2.66. The Balaban J connectivity index is 2.14. The molecule has 0 aliphatic rings. The lowest BCUT2D eigenvalue weighted by molar-refractivity contribution is -0.271. The SMILES string of the molecule is COc1cc(/C=C(/NC(=O)COc2cc(C)c(Cl)c(C)c2)C(=O)O)cc(Br)c1[O-]. The van der Waals surface area contributed by atoms with Gasteiger partial charge < -0.3 is 25.0 Å². The van der Waals surface area contributed by atoms with Gasteiger partial charge in [-0.15, -0.1) is 0 Å². The molecule has 0 fully saturated rings. The first-order valence-electron chi connectivity index (χ1n) is 8.31. The van der Waals surface area contributed by atoms with Crippen molar-refractivity contribution >= 4 is 45.5 Å². The Morgan fingerprint density at radius 2 is 1.86 bits per heavy atom. The molecule has 2 rings (SSSR count). The first kappa shape index (κ1) is 22.6. The number of hydrogen-bond donors (Lipinski definition) is 2. The summed E-state index contributed by atoms with van der Waals surface area (Å²) < 4.78 is 10.6. The fourth-order valence-corrected chi connectivity index (χ4v) is 3.03. The van der Waals surface area contributed by atoms with E-state index >= 15 is 0 Å². The Kier molecular flexibility index (Phi) is 7.53. The van der Waals surface area contributed by atoms with Crippen molar-refractivity contribution in [3.05, 3.63) is 56.1 Å². The minimum atomic E-state index is -1.35. The molecule has 2 aromatic rings. The number of carbonyl (C=O) groups is 2. The smallest absolute Gasteiger partial charge is 0.352 e. The van der Waals surface area contributed by atoms with Crippen LogP contribution < -0.4 is 19.9 Å². The lowest BCUT2D eigenvalue weighted by atomic mass is 10.1. The number of amides is 1. The molecular formula is C20H18BrClNO6-. The van der Waals surface area contributed by atoms with Crippen molar-refractivity contribution in [2.24, 2.45) is 0 Å². The van der Waals surface area contributed by atoms with Crippen LogP contribution in [0.3, 0.4) is 0 Å². The first-order chi connectivity index (χ1) is 13.6.